The first-order valence-electron chi connectivity index (χ1n) is 16.1. The second kappa shape index (κ2) is 14.2. The summed E-state index contributed by atoms with van der Waals surface area (Å²) < 4.78 is 4.34. The monoisotopic (exact) mass is 665 g/mol. The molecule has 2 bridgehead atoms. The zero-order valence-electron chi connectivity index (χ0n) is 26.7. The van der Waals surface area contributed by atoms with Crippen LogP contribution in [0.1, 0.15) is 46.0 Å². The number of rotatable bonds is 15. The quantitative estimate of drug-likeness (QED) is 0.182. The van der Waals surface area contributed by atoms with Crippen LogP contribution in [0.15, 0.2) is 73.8 Å². The molecule has 8 nitrogen and oxygen atoms in total. The number of ether oxygens (including phenoxy) is 1. The Balaban J connectivity index is 1.55. The van der Waals surface area contributed by atoms with Crippen LogP contribution in [0.25, 0.3) is 0 Å². The Morgan fingerprint density at radius 1 is 1.00 bits per heavy atom. The molecule has 2 unspecified atom stereocenters. The van der Waals surface area contributed by atoms with Gasteiger partial charge in [-0.05, 0) is 94.5 Å². The largest absolute Gasteiger partial charge is 0.494 e. The number of fused-ring (bicyclic) bond motifs is 1. The fourth-order valence-corrected chi connectivity index (χ4v) is 10.1. The number of aliphatic hydroxyl groups excluding tert-OH is 1. The van der Waals surface area contributed by atoms with Crippen molar-refractivity contribution in [3.8, 4) is 5.75 Å². The van der Waals surface area contributed by atoms with Gasteiger partial charge in [-0.3, -0.25) is 14.4 Å². The topological polar surface area (TPSA) is 90.4 Å². The summed E-state index contributed by atoms with van der Waals surface area (Å²) in [7, 11) is 0. The fraction of sp³-hybridized carbons (Fsp3) is 0.472. The summed E-state index contributed by atoms with van der Waals surface area (Å²) in [6.45, 7) is 13.4. The first kappa shape index (κ1) is 34.1. The van der Waals surface area contributed by atoms with Gasteiger partial charge in [-0.25, -0.2) is 0 Å². The summed E-state index contributed by atoms with van der Waals surface area (Å²) in [5.74, 6) is -1.01. The number of carbonyl (C=O) groups is 3. The van der Waals surface area contributed by atoms with Crippen molar-refractivity contribution in [2.24, 2.45) is 11.8 Å². The maximum atomic E-state index is 14.8. The van der Waals surface area contributed by atoms with Crippen LogP contribution in [0.5, 0.6) is 5.75 Å². The van der Waals surface area contributed by atoms with E-state index in [1.54, 1.807) is 62.9 Å². The van der Waals surface area contributed by atoms with E-state index in [1.165, 1.54) is 0 Å². The summed E-state index contributed by atoms with van der Waals surface area (Å²) in [6.07, 6.45) is 6.75. The van der Waals surface area contributed by atoms with E-state index in [1.807, 2.05) is 31.2 Å². The van der Waals surface area contributed by atoms with Crippen LogP contribution in [0.2, 0.25) is 5.02 Å². The summed E-state index contributed by atoms with van der Waals surface area (Å²) >= 11 is 7.84. The van der Waals surface area contributed by atoms with Gasteiger partial charge in [-0.15, -0.1) is 24.9 Å². The second-order valence-corrected chi connectivity index (χ2v) is 14.8. The number of carbonyl (C=O) groups excluding carboxylic acids is 3. The molecule has 46 heavy (non-hydrogen) atoms. The average Bonchev–Trinajstić information content (AvgIpc) is 3.62. The van der Waals surface area contributed by atoms with Gasteiger partial charge in [-0.1, -0.05) is 23.8 Å². The molecule has 10 heteroatoms. The third-order valence-corrected chi connectivity index (χ3v) is 11.8. The lowest BCUT2D eigenvalue weighted by atomic mass is 9.66. The van der Waals surface area contributed by atoms with E-state index in [0.717, 1.165) is 6.42 Å². The molecule has 3 saturated heterocycles. The molecule has 246 valence electrons. The number of anilines is 2. The summed E-state index contributed by atoms with van der Waals surface area (Å²) in [4.78, 5) is 49.3. The molecule has 3 heterocycles. The van der Waals surface area contributed by atoms with Crippen molar-refractivity contribution < 1.29 is 24.2 Å². The zero-order valence-corrected chi connectivity index (χ0v) is 28.3. The highest BCUT2D eigenvalue weighted by Gasteiger charge is 2.77. The Kier molecular flexibility index (Phi) is 10.5. The molecular formula is C36H44ClN3O5S. The van der Waals surface area contributed by atoms with Crippen LogP contribution in [-0.4, -0.2) is 76.1 Å². The fourth-order valence-electron chi connectivity index (χ4n) is 7.62. The molecule has 2 aromatic rings. The molecular weight excluding hydrogens is 622 g/mol. The number of halogens is 1. The average molecular weight is 666 g/mol. The number of hydrogen-bond donors (Lipinski definition) is 1. The predicted molar refractivity (Wildman–Crippen MR) is 186 cm³/mol. The molecule has 3 aliphatic rings. The SMILES string of the molecule is C=CCN(C(=O)C1N(CCCCCO)C(=O)[C@@H]2[C@@H](C(=O)N(CC=C)c3ccc(OCC)cc3)[C@@]3(C)CCC12S3)c1ccc(Cl)cc1. The van der Waals surface area contributed by atoms with Gasteiger partial charge in [0.15, 0.2) is 0 Å². The first-order chi connectivity index (χ1) is 22.2. The van der Waals surface area contributed by atoms with Gasteiger partial charge in [0, 0.05) is 47.4 Å². The minimum absolute atomic E-state index is 0.0714. The van der Waals surface area contributed by atoms with Crippen molar-refractivity contribution in [2.45, 2.75) is 61.5 Å². The number of nitrogens with zero attached hydrogens (tertiary/aromatic N) is 3. The van der Waals surface area contributed by atoms with E-state index in [0.29, 0.717) is 61.0 Å². The molecule has 0 radical (unpaired) electrons. The van der Waals surface area contributed by atoms with Crippen molar-refractivity contribution in [2.75, 3.05) is 42.6 Å². The van der Waals surface area contributed by atoms with E-state index in [-0.39, 0.29) is 37.4 Å². The van der Waals surface area contributed by atoms with Crippen LogP contribution in [0, 0.1) is 11.8 Å². The maximum absolute atomic E-state index is 14.8. The van der Waals surface area contributed by atoms with E-state index in [4.69, 9.17) is 16.3 Å². The summed E-state index contributed by atoms with van der Waals surface area (Å²) in [6, 6.07) is 13.8. The van der Waals surface area contributed by atoms with Gasteiger partial charge < -0.3 is 24.5 Å². The van der Waals surface area contributed by atoms with Crippen LogP contribution in [-0.2, 0) is 14.4 Å². The van der Waals surface area contributed by atoms with E-state index in [9.17, 15) is 19.5 Å². The number of thioether (sulfide) groups is 1. The van der Waals surface area contributed by atoms with Crippen molar-refractivity contribution >= 4 is 52.5 Å². The number of aliphatic hydroxyl groups is 1. The summed E-state index contributed by atoms with van der Waals surface area (Å²) in [5.41, 5.74) is 1.38. The van der Waals surface area contributed by atoms with Crippen LogP contribution in [0.3, 0.4) is 0 Å². The van der Waals surface area contributed by atoms with Gasteiger partial charge in [0.2, 0.25) is 11.8 Å². The molecule has 3 aliphatic heterocycles. The third kappa shape index (κ3) is 6.09. The number of benzene rings is 2. The van der Waals surface area contributed by atoms with E-state index in [2.05, 4.69) is 20.1 Å². The lowest BCUT2D eigenvalue weighted by Crippen LogP contribution is -2.55. The minimum Gasteiger partial charge on any atom is -0.494 e. The Bertz CT molecular complexity index is 1450. The predicted octanol–water partition coefficient (Wildman–Crippen LogP) is 6.12. The van der Waals surface area contributed by atoms with Crippen molar-refractivity contribution in [1.82, 2.24) is 4.90 Å². The molecule has 1 spiro atoms. The lowest BCUT2D eigenvalue weighted by Gasteiger charge is -2.38. The van der Waals surface area contributed by atoms with E-state index < -0.39 is 27.4 Å². The van der Waals surface area contributed by atoms with Gasteiger partial charge in [0.1, 0.15) is 11.8 Å². The van der Waals surface area contributed by atoms with Crippen LogP contribution >= 0.6 is 23.4 Å². The minimum atomic E-state index is -0.759. The first-order valence-corrected chi connectivity index (χ1v) is 17.3. The highest BCUT2D eigenvalue weighted by molar-refractivity contribution is 8.02. The number of unbranched alkanes of at least 4 members (excludes halogenated alkanes) is 2. The molecule has 3 amide bonds. The Morgan fingerprint density at radius 3 is 2.20 bits per heavy atom. The van der Waals surface area contributed by atoms with Gasteiger partial charge in [-0.2, -0.15) is 0 Å². The highest BCUT2D eigenvalue weighted by atomic mass is 35.5. The Hall–Kier alpha value is -3.27. The number of likely N-dealkylation sites (tertiary alicyclic amines) is 1. The Labute approximate surface area is 281 Å². The highest BCUT2D eigenvalue weighted by Crippen LogP contribution is 2.71. The van der Waals surface area contributed by atoms with Crippen LogP contribution in [0.4, 0.5) is 11.4 Å². The van der Waals surface area contributed by atoms with Crippen LogP contribution < -0.4 is 14.5 Å². The molecule has 1 N–H and O–H groups in total. The number of amides is 3. The number of hydrogen-bond acceptors (Lipinski definition) is 6. The molecule has 0 aliphatic carbocycles. The lowest BCUT2D eigenvalue weighted by molar-refractivity contribution is -0.139. The molecule has 5 atom stereocenters. The molecule has 2 aromatic carbocycles. The van der Waals surface area contributed by atoms with Crippen molar-refractivity contribution in [3.63, 3.8) is 0 Å². The molecule has 0 saturated carbocycles. The normalized spacial score (nSPS) is 26.1. The van der Waals surface area contributed by atoms with Gasteiger partial charge in [0.25, 0.3) is 5.91 Å². The van der Waals surface area contributed by atoms with Gasteiger partial charge in [0.05, 0.1) is 23.2 Å². The van der Waals surface area contributed by atoms with Crippen molar-refractivity contribution in [3.05, 3.63) is 78.9 Å². The van der Waals surface area contributed by atoms with E-state index >= 15 is 0 Å². The standard InChI is InChI=1S/C36H44ClN3O5S/c1-5-21-38(27-15-17-28(18-16-27)45-7-3)32(42)29-30-33(43)40(23-9-8-10-24-41)31(36(30)20-19-35(29,4)46-36)34(44)39(22-6-2)26-13-11-25(37)12-14-26/h5-6,11-18,29-31,41H,1-2,7-10,19-24H2,3-4H3/t29-,30-,31?,35+,36?/m0/s1. The van der Waals surface area contributed by atoms with Crippen molar-refractivity contribution in [1.29, 1.82) is 0 Å². The Morgan fingerprint density at radius 2 is 1.61 bits per heavy atom. The smallest absolute Gasteiger partial charge is 0.251 e. The second-order valence-electron chi connectivity index (χ2n) is 12.4. The summed E-state index contributed by atoms with van der Waals surface area (Å²) in [5, 5.41) is 9.94. The zero-order chi connectivity index (χ0) is 33.1. The van der Waals surface area contributed by atoms with Gasteiger partial charge >= 0.3 is 0 Å². The molecule has 3 fully saturated rings. The molecule has 5 rings (SSSR count). The third-order valence-electron chi connectivity index (χ3n) is 9.59. The maximum Gasteiger partial charge on any atom is 0.251 e. The molecule has 0 aromatic heterocycles.